The maximum atomic E-state index is 13.3. The molecule has 0 saturated carbocycles. The Kier molecular flexibility index (Phi) is 23.8. The number of amides is 2. The lowest BCUT2D eigenvalue weighted by Crippen LogP contribution is -2.51. The Morgan fingerprint density at radius 3 is 1.53 bits per heavy atom. The number of carbonyl (C=O) groups excluding carboxylic acids is 2. The highest BCUT2D eigenvalue weighted by Crippen LogP contribution is 2.45. The van der Waals surface area contributed by atoms with E-state index in [0.29, 0.717) is 55.5 Å². The van der Waals surface area contributed by atoms with Crippen molar-refractivity contribution in [1.29, 1.82) is 0 Å². The number of aromatic carboxylic acids is 1. The maximum absolute atomic E-state index is 13.3. The van der Waals surface area contributed by atoms with Crippen LogP contribution in [0.25, 0.3) is 11.1 Å². The molecule has 7 aromatic rings. The average molecular weight is 1490 g/mol. The maximum Gasteiger partial charge on any atom is 0.494 e. The summed E-state index contributed by atoms with van der Waals surface area (Å²) in [6.07, 6.45) is 12.3. The highest BCUT2D eigenvalue weighted by Gasteiger charge is 2.52. The number of aryl methyl sites for hydroxylation is 2. The molecule has 24 heteroatoms. The van der Waals surface area contributed by atoms with E-state index in [4.69, 9.17) is 23.9 Å². The van der Waals surface area contributed by atoms with E-state index in [-0.39, 0.29) is 36.0 Å². The first kappa shape index (κ1) is 73.5. The SMILES string of the molecule is CC1=NC(Cc2ncc(Br)cn2)C(Br)=CN1.C[C@@H](c1ccc(B2OC(C)(C)C(C)(C)O2)cc1)N1CC[C@](CC(C)(C)O)(c2ccccc2)OC1=O.Cc1ncc(-c2ccc([C@H](C)N3CC[C@](CC(C)(C)O)(c4ccccc4)OC3=O)cc2)cn1.Cc1ncc(Br)c(C(=O)O)n1. The van der Waals surface area contributed by atoms with Gasteiger partial charge in [0.05, 0.1) is 55.3 Å². The summed E-state index contributed by atoms with van der Waals surface area (Å²) in [4.78, 5) is 69.5. The minimum absolute atomic E-state index is 0.00231. The number of carboxylic acids is 1. The van der Waals surface area contributed by atoms with Crippen LogP contribution in [0.1, 0.15) is 164 Å². The fourth-order valence-corrected chi connectivity index (χ4v) is 12.5. The van der Waals surface area contributed by atoms with Crippen LogP contribution < -0.4 is 10.8 Å². The van der Waals surface area contributed by atoms with Crippen LogP contribution in [0.15, 0.2) is 165 Å². The number of carbonyl (C=O) groups is 3. The Hall–Kier alpha value is -7.32. The Bertz CT molecular complexity index is 3810. The lowest BCUT2D eigenvalue weighted by molar-refractivity contribution is -0.102. The lowest BCUT2D eigenvalue weighted by atomic mass is 9.78. The first-order chi connectivity index (χ1) is 44.7. The van der Waals surface area contributed by atoms with Crippen LogP contribution in [0.3, 0.4) is 0 Å². The summed E-state index contributed by atoms with van der Waals surface area (Å²) in [5.74, 6) is 1.83. The van der Waals surface area contributed by atoms with E-state index in [1.165, 1.54) is 6.20 Å². The molecule has 11 rings (SSSR count). The fourth-order valence-electron chi connectivity index (χ4n) is 11.5. The Balaban J connectivity index is 0.000000177. The van der Waals surface area contributed by atoms with Crippen LogP contribution in [0, 0.1) is 13.8 Å². The zero-order valence-electron chi connectivity index (χ0n) is 56.0. The number of hydrogen-bond acceptors (Lipinski definition) is 17. The van der Waals surface area contributed by atoms with Crippen molar-refractivity contribution >= 4 is 84.4 Å². The normalized spacial score (nSPS) is 20.5. The number of nitrogens with one attached hydrogen (secondary N) is 1. The van der Waals surface area contributed by atoms with Gasteiger partial charge in [-0.15, -0.1) is 0 Å². The summed E-state index contributed by atoms with van der Waals surface area (Å²) in [7, 11) is -0.419. The number of amidine groups is 1. The molecule has 3 aromatic heterocycles. The van der Waals surface area contributed by atoms with Gasteiger partial charge in [0.2, 0.25) is 0 Å². The highest BCUT2D eigenvalue weighted by atomic mass is 79.9. The molecular weight excluding hydrogens is 1400 g/mol. The largest absolute Gasteiger partial charge is 0.494 e. The summed E-state index contributed by atoms with van der Waals surface area (Å²) in [6.45, 7) is 25.7. The molecule has 5 atom stereocenters. The van der Waals surface area contributed by atoms with Crippen LogP contribution in [0.4, 0.5) is 9.59 Å². The molecule has 4 N–H and O–H groups in total. The Labute approximate surface area is 582 Å². The summed E-state index contributed by atoms with van der Waals surface area (Å²) in [5.41, 5.74) is 2.36. The number of rotatable bonds is 15. The van der Waals surface area contributed by atoms with Crippen molar-refractivity contribution in [2.24, 2.45) is 4.99 Å². The van der Waals surface area contributed by atoms with E-state index in [9.17, 15) is 24.6 Å². The van der Waals surface area contributed by atoms with Crippen molar-refractivity contribution < 1.29 is 48.5 Å². The molecule has 20 nitrogen and oxygen atoms in total. The third-order valence-electron chi connectivity index (χ3n) is 17.2. The van der Waals surface area contributed by atoms with E-state index < -0.39 is 46.7 Å². The third-order valence-corrected chi connectivity index (χ3v) is 18.9. The monoisotopic (exact) mass is 1480 g/mol. The molecular formula is C71H84BBr3N10O10. The Morgan fingerprint density at radius 2 is 1.09 bits per heavy atom. The van der Waals surface area contributed by atoms with E-state index in [1.54, 1.807) is 56.8 Å². The lowest BCUT2D eigenvalue weighted by Gasteiger charge is -2.45. The number of nitrogens with zero attached hydrogens (tertiary/aromatic N) is 9. The zero-order valence-corrected chi connectivity index (χ0v) is 60.7. The highest BCUT2D eigenvalue weighted by molar-refractivity contribution is 9.11. The van der Waals surface area contributed by atoms with E-state index in [0.717, 1.165) is 65.3 Å². The van der Waals surface area contributed by atoms with Crippen LogP contribution in [0.2, 0.25) is 0 Å². The van der Waals surface area contributed by atoms with Gasteiger partial charge in [0, 0.05) is 92.4 Å². The van der Waals surface area contributed by atoms with Gasteiger partial charge in [-0.25, -0.2) is 44.3 Å². The predicted molar refractivity (Wildman–Crippen MR) is 377 cm³/mol. The quantitative estimate of drug-likeness (QED) is 0.0696. The summed E-state index contributed by atoms with van der Waals surface area (Å²) in [6, 6.07) is 35.4. The van der Waals surface area contributed by atoms with Crippen molar-refractivity contribution in [2.45, 2.75) is 174 Å². The molecule has 2 amide bonds. The van der Waals surface area contributed by atoms with Gasteiger partial charge in [-0.2, -0.15) is 0 Å². The topological polar surface area (TPSA) is 257 Å². The van der Waals surface area contributed by atoms with Crippen molar-refractivity contribution in [3.8, 4) is 11.1 Å². The number of aliphatic hydroxyl groups is 2. The van der Waals surface area contributed by atoms with Crippen molar-refractivity contribution in [2.75, 3.05) is 13.1 Å². The van der Waals surface area contributed by atoms with Gasteiger partial charge in [-0.05, 0) is 155 Å². The molecule has 0 bridgehead atoms. The van der Waals surface area contributed by atoms with Crippen LogP contribution >= 0.6 is 47.8 Å². The van der Waals surface area contributed by atoms with Crippen LogP contribution in [-0.2, 0) is 36.4 Å². The summed E-state index contributed by atoms with van der Waals surface area (Å²) < 4.78 is 26.9. The average Bonchev–Trinajstić information content (AvgIpc) is 1.70. The number of hydrogen-bond donors (Lipinski definition) is 4. The third kappa shape index (κ3) is 19.3. The molecule has 4 aliphatic rings. The second kappa shape index (κ2) is 30.8. The van der Waals surface area contributed by atoms with Gasteiger partial charge < -0.3 is 49.2 Å². The molecule has 0 spiro atoms. The number of aliphatic imine (C=N–C) groups is 1. The molecule has 1 unspecified atom stereocenters. The zero-order chi connectivity index (χ0) is 69.3. The number of carboxylic acid groups (broad SMARTS) is 1. The van der Waals surface area contributed by atoms with Crippen molar-refractivity contribution in [3.05, 3.63) is 205 Å². The second-order valence-corrected chi connectivity index (χ2v) is 29.1. The first-order valence-electron chi connectivity index (χ1n) is 31.4. The standard InChI is InChI=1S/C28H38BNO5.C27H31N3O3.C10H10Br2N4.C6H5BrN2O2/c1-20(21-13-15-23(16-14-21)29-34-26(4,5)27(6,7)35-29)30-18-17-28(33-24(30)31,19-25(2,3)32)22-11-9-8-10-12-22;1-19(21-10-12-22(13-11-21)23-16-28-20(2)29-17-23)30-15-14-27(33-25(30)31,18-26(3,4)32)24-8-6-5-7-9-24;1-6-13-5-8(12)9(16-6)2-10-14-3-7(11)4-15-10;1-3-8-2-4(7)5(9-3)6(10)11/h8-16,20,32H,17-19H2,1-7H3;5-13,16-17,19,32H,14-15,18H2,1-4H3;3-5,9H,2H2,1H3,(H,13,16);2H,1H3,(H,10,11)/t20-,28-;19-,27-;;/m00../s1. The van der Waals surface area contributed by atoms with E-state index >= 15 is 0 Å². The first-order valence-corrected chi connectivity index (χ1v) is 33.8. The van der Waals surface area contributed by atoms with Gasteiger partial charge in [0.15, 0.2) is 5.69 Å². The molecule has 502 valence electrons. The van der Waals surface area contributed by atoms with Crippen LogP contribution in [-0.4, -0.2) is 128 Å². The Morgan fingerprint density at radius 1 is 0.642 bits per heavy atom. The van der Waals surface area contributed by atoms with E-state index in [1.807, 2.05) is 183 Å². The van der Waals surface area contributed by atoms with Crippen LogP contribution in [0.5, 0.6) is 0 Å². The second-order valence-electron chi connectivity index (χ2n) is 26.4. The van der Waals surface area contributed by atoms with Crippen molar-refractivity contribution in [3.63, 3.8) is 0 Å². The van der Waals surface area contributed by atoms with E-state index in [2.05, 4.69) is 88.0 Å². The molecule has 7 heterocycles. The number of ether oxygens (including phenoxy) is 2. The smallest absolute Gasteiger partial charge is 0.476 e. The van der Waals surface area contributed by atoms with Gasteiger partial charge in [-0.3, -0.25) is 4.99 Å². The predicted octanol–water partition coefficient (Wildman–Crippen LogP) is 14.0. The minimum Gasteiger partial charge on any atom is -0.476 e. The van der Waals surface area contributed by atoms with Gasteiger partial charge in [0.25, 0.3) is 0 Å². The van der Waals surface area contributed by atoms with Gasteiger partial charge in [0.1, 0.15) is 28.7 Å². The molecule has 4 aliphatic heterocycles. The minimum atomic E-state index is -1.05. The molecule has 3 saturated heterocycles. The molecule has 0 aliphatic carbocycles. The summed E-state index contributed by atoms with van der Waals surface area (Å²) in [5, 5.41) is 32.8. The molecule has 3 fully saturated rings. The number of benzene rings is 4. The number of halogens is 3. The number of aromatic nitrogens is 6. The number of cyclic esters (lactones) is 2. The molecule has 95 heavy (non-hydrogen) atoms. The van der Waals surface area contributed by atoms with Gasteiger partial charge >= 0.3 is 25.3 Å². The summed E-state index contributed by atoms with van der Waals surface area (Å²) >= 11 is 9.81. The van der Waals surface area contributed by atoms with Crippen molar-refractivity contribution in [1.82, 2.24) is 45.0 Å². The fraction of sp³-hybridized carbons (Fsp3) is 0.408. The van der Waals surface area contributed by atoms with Gasteiger partial charge in [-0.1, -0.05) is 125 Å². The molecule has 0 radical (unpaired) electrons. The molecule has 4 aromatic carbocycles.